The first-order valence-electron chi connectivity index (χ1n) is 6.29. The highest BCUT2D eigenvalue weighted by Crippen LogP contribution is 2.62. The van der Waals surface area contributed by atoms with Crippen LogP contribution in [0.1, 0.15) is 46.0 Å². The Balaban J connectivity index is 1.81. The zero-order valence-electron chi connectivity index (χ0n) is 9.00. The van der Waals surface area contributed by atoms with Gasteiger partial charge in [-0.3, -0.25) is 0 Å². The van der Waals surface area contributed by atoms with E-state index in [9.17, 15) is 0 Å². The fraction of sp³-hybridized carbons (Fsp3) is 1.00. The van der Waals surface area contributed by atoms with E-state index in [0.29, 0.717) is 0 Å². The fourth-order valence-corrected chi connectivity index (χ4v) is 4.95. The maximum Gasteiger partial charge on any atom is -0.0349 e. The van der Waals surface area contributed by atoms with E-state index in [0.717, 1.165) is 23.7 Å². The van der Waals surface area contributed by atoms with Crippen LogP contribution in [0.15, 0.2) is 0 Å². The minimum Gasteiger partial charge on any atom is -0.0651 e. The van der Waals surface area contributed by atoms with Crippen molar-refractivity contribution in [1.82, 2.24) is 0 Å². The van der Waals surface area contributed by atoms with Gasteiger partial charge in [0.05, 0.1) is 0 Å². The Hall–Kier alpha value is 0. The zero-order chi connectivity index (χ0) is 9.00. The first-order valence-corrected chi connectivity index (χ1v) is 6.29. The summed E-state index contributed by atoms with van der Waals surface area (Å²) in [5.74, 6) is 6.82. The minimum absolute atomic E-state index is 1.05. The van der Waals surface area contributed by atoms with Gasteiger partial charge in [0.2, 0.25) is 0 Å². The van der Waals surface area contributed by atoms with E-state index in [1.54, 1.807) is 25.7 Å². The van der Waals surface area contributed by atoms with Crippen LogP contribution in [0.25, 0.3) is 0 Å². The molecule has 0 aromatic rings. The number of fused-ring (bicyclic) bond motifs is 5. The van der Waals surface area contributed by atoms with Crippen LogP contribution in [-0.2, 0) is 0 Å². The third-order valence-corrected chi connectivity index (χ3v) is 5.36. The molecule has 0 nitrogen and oxygen atoms in total. The van der Waals surface area contributed by atoms with Crippen molar-refractivity contribution in [3.63, 3.8) is 0 Å². The number of hydrogen-bond donors (Lipinski definition) is 0. The molecular weight excluding hydrogens is 156 g/mol. The average Bonchev–Trinajstić information content (AvgIpc) is 2.71. The fourth-order valence-electron chi connectivity index (χ4n) is 4.95. The summed E-state index contributed by atoms with van der Waals surface area (Å²) in [5.41, 5.74) is 0. The summed E-state index contributed by atoms with van der Waals surface area (Å²) in [7, 11) is 0. The van der Waals surface area contributed by atoms with Crippen LogP contribution >= 0.6 is 0 Å². The van der Waals surface area contributed by atoms with Crippen molar-refractivity contribution in [3.05, 3.63) is 0 Å². The van der Waals surface area contributed by atoms with E-state index >= 15 is 0 Å². The Labute approximate surface area is 82.1 Å². The molecule has 3 rings (SSSR count). The summed E-state index contributed by atoms with van der Waals surface area (Å²) in [5, 5.41) is 0. The van der Waals surface area contributed by atoms with Gasteiger partial charge in [-0.1, -0.05) is 20.3 Å². The first kappa shape index (κ1) is 8.32. The first-order chi connectivity index (χ1) is 6.29. The van der Waals surface area contributed by atoms with Gasteiger partial charge in [-0.2, -0.15) is 0 Å². The molecule has 6 unspecified atom stereocenters. The Kier molecular flexibility index (Phi) is 1.76. The van der Waals surface area contributed by atoms with Gasteiger partial charge >= 0.3 is 0 Å². The van der Waals surface area contributed by atoms with Crippen molar-refractivity contribution < 1.29 is 0 Å². The van der Waals surface area contributed by atoms with Crippen LogP contribution in [0.5, 0.6) is 0 Å². The van der Waals surface area contributed by atoms with Gasteiger partial charge in [0, 0.05) is 0 Å². The van der Waals surface area contributed by atoms with Crippen molar-refractivity contribution in [3.8, 4) is 0 Å². The molecule has 0 aliphatic heterocycles. The largest absolute Gasteiger partial charge is 0.0651 e. The highest BCUT2D eigenvalue weighted by Gasteiger charge is 2.54. The van der Waals surface area contributed by atoms with E-state index in [1.165, 1.54) is 18.3 Å². The summed E-state index contributed by atoms with van der Waals surface area (Å²) < 4.78 is 0. The minimum atomic E-state index is 1.05. The molecule has 0 spiro atoms. The predicted octanol–water partition coefficient (Wildman–Crippen LogP) is 3.71. The summed E-state index contributed by atoms with van der Waals surface area (Å²) in [6, 6.07) is 0. The van der Waals surface area contributed by atoms with Crippen LogP contribution in [0.3, 0.4) is 0 Å². The smallest absolute Gasteiger partial charge is 0.0349 e. The maximum absolute atomic E-state index is 2.47. The van der Waals surface area contributed by atoms with Crippen molar-refractivity contribution in [1.29, 1.82) is 0 Å². The topological polar surface area (TPSA) is 0 Å². The van der Waals surface area contributed by atoms with E-state index in [1.807, 2.05) is 0 Å². The van der Waals surface area contributed by atoms with Gasteiger partial charge in [-0.25, -0.2) is 0 Å². The lowest BCUT2D eigenvalue weighted by Gasteiger charge is -2.30. The molecule has 0 aromatic heterocycles. The molecule has 2 bridgehead atoms. The molecule has 3 fully saturated rings. The lowest BCUT2D eigenvalue weighted by Crippen LogP contribution is -2.23. The van der Waals surface area contributed by atoms with Crippen molar-refractivity contribution in [2.75, 3.05) is 0 Å². The van der Waals surface area contributed by atoms with Gasteiger partial charge in [-0.15, -0.1) is 0 Å². The molecule has 0 heterocycles. The summed E-state index contributed by atoms with van der Waals surface area (Å²) >= 11 is 0. The molecule has 0 amide bonds. The van der Waals surface area contributed by atoms with Crippen LogP contribution < -0.4 is 0 Å². The normalized spacial score (nSPS) is 58.6. The van der Waals surface area contributed by atoms with Crippen LogP contribution in [0, 0.1) is 35.5 Å². The van der Waals surface area contributed by atoms with Crippen molar-refractivity contribution >= 4 is 0 Å². The predicted molar refractivity (Wildman–Crippen MR) is 55.4 cm³/mol. The maximum atomic E-state index is 2.47. The Morgan fingerprint density at radius 2 is 1.69 bits per heavy atom. The van der Waals surface area contributed by atoms with E-state index < -0.39 is 0 Å². The molecule has 0 aromatic carbocycles. The molecule has 0 N–H and O–H groups in total. The SMILES string of the molecule is CCC1CC2CC1C1CC(C)CC21. The summed E-state index contributed by atoms with van der Waals surface area (Å²) in [6.45, 7) is 4.87. The molecule has 6 atom stereocenters. The highest BCUT2D eigenvalue weighted by molar-refractivity contribution is 5.03. The highest BCUT2D eigenvalue weighted by atomic mass is 14.6. The van der Waals surface area contributed by atoms with Gasteiger partial charge in [0.15, 0.2) is 0 Å². The van der Waals surface area contributed by atoms with Crippen LogP contribution in [0.2, 0.25) is 0 Å². The molecule has 74 valence electrons. The number of rotatable bonds is 1. The summed E-state index contributed by atoms with van der Waals surface area (Å²) in [6.07, 6.45) is 7.80. The van der Waals surface area contributed by atoms with E-state index in [2.05, 4.69) is 13.8 Å². The lowest BCUT2D eigenvalue weighted by molar-refractivity contribution is 0.185. The van der Waals surface area contributed by atoms with Gasteiger partial charge in [0.25, 0.3) is 0 Å². The quantitative estimate of drug-likeness (QED) is 0.574. The second-order valence-electron chi connectivity index (χ2n) is 5.97. The van der Waals surface area contributed by atoms with Crippen molar-refractivity contribution in [2.45, 2.75) is 46.0 Å². The van der Waals surface area contributed by atoms with Crippen LogP contribution in [-0.4, -0.2) is 0 Å². The molecule has 3 aliphatic carbocycles. The van der Waals surface area contributed by atoms with E-state index in [-0.39, 0.29) is 0 Å². The van der Waals surface area contributed by atoms with Gasteiger partial charge in [-0.05, 0) is 61.2 Å². The Bertz CT molecular complexity index is 204. The zero-order valence-corrected chi connectivity index (χ0v) is 9.00. The second-order valence-corrected chi connectivity index (χ2v) is 5.97. The monoisotopic (exact) mass is 178 g/mol. The Morgan fingerprint density at radius 3 is 2.46 bits per heavy atom. The molecule has 3 saturated carbocycles. The molecule has 13 heavy (non-hydrogen) atoms. The third-order valence-electron chi connectivity index (χ3n) is 5.36. The molecular formula is C13H22. The van der Waals surface area contributed by atoms with Crippen LogP contribution in [0.4, 0.5) is 0 Å². The second kappa shape index (κ2) is 2.74. The Morgan fingerprint density at radius 1 is 0.923 bits per heavy atom. The molecule has 0 heteroatoms. The average molecular weight is 178 g/mol. The summed E-state index contributed by atoms with van der Waals surface area (Å²) in [4.78, 5) is 0. The molecule has 0 radical (unpaired) electrons. The lowest BCUT2D eigenvalue weighted by atomic mass is 9.75. The van der Waals surface area contributed by atoms with E-state index in [4.69, 9.17) is 0 Å². The standard InChI is InChI=1S/C13H22/c1-3-9-6-10-7-12(9)13-5-8(2)4-11(10)13/h8-13H,3-7H2,1-2H3. The van der Waals surface area contributed by atoms with Gasteiger partial charge < -0.3 is 0 Å². The third kappa shape index (κ3) is 1.04. The molecule has 0 saturated heterocycles. The van der Waals surface area contributed by atoms with Gasteiger partial charge in [0.1, 0.15) is 0 Å². The number of hydrogen-bond acceptors (Lipinski definition) is 0. The van der Waals surface area contributed by atoms with Crippen molar-refractivity contribution in [2.24, 2.45) is 35.5 Å². The molecule has 3 aliphatic rings.